The van der Waals surface area contributed by atoms with Gasteiger partial charge in [-0.05, 0) is 56.7 Å². The normalized spacial score (nSPS) is 24.7. The van der Waals surface area contributed by atoms with E-state index in [0.717, 1.165) is 24.4 Å². The molecule has 2 heteroatoms. The first-order valence-corrected chi connectivity index (χ1v) is 7.27. The van der Waals surface area contributed by atoms with Crippen LogP contribution < -0.4 is 0 Å². The molecule has 2 rings (SSSR count). The summed E-state index contributed by atoms with van der Waals surface area (Å²) in [5, 5.41) is 0. The van der Waals surface area contributed by atoms with Crippen LogP contribution in [0.3, 0.4) is 0 Å². The molecular weight excluding hydrogens is 220 g/mol. The van der Waals surface area contributed by atoms with Crippen molar-refractivity contribution in [3.63, 3.8) is 0 Å². The van der Waals surface area contributed by atoms with Crippen LogP contribution in [0.1, 0.15) is 45.2 Å². The highest BCUT2D eigenvalue weighted by molar-refractivity contribution is 5.03. The molecule has 0 bridgehead atoms. The third kappa shape index (κ3) is 3.55. The third-order valence-electron chi connectivity index (χ3n) is 4.45. The van der Waals surface area contributed by atoms with E-state index < -0.39 is 0 Å². The van der Waals surface area contributed by atoms with E-state index in [1.807, 2.05) is 12.3 Å². The van der Waals surface area contributed by atoms with Gasteiger partial charge in [-0.3, -0.25) is 9.88 Å². The van der Waals surface area contributed by atoms with Gasteiger partial charge in [0.15, 0.2) is 0 Å². The van der Waals surface area contributed by atoms with Gasteiger partial charge in [-0.15, -0.1) is 0 Å². The Kier molecular flexibility index (Phi) is 4.76. The minimum Gasteiger partial charge on any atom is -0.298 e. The highest BCUT2D eigenvalue weighted by Crippen LogP contribution is 2.32. The first kappa shape index (κ1) is 13.5. The molecule has 18 heavy (non-hydrogen) atoms. The Morgan fingerprint density at radius 1 is 1.22 bits per heavy atom. The van der Waals surface area contributed by atoms with Crippen LogP contribution in [0.25, 0.3) is 0 Å². The average Bonchev–Trinajstić information content (AvgIpc) is 2.40. The van der Waals surface area contributed by atoms with Gasteiger partial charge >= 0.3 is 0 Å². The molecule has 0 amide bonds. The average molecular weight is 246 g/mol. The number of hydrogen-bond acceptors (Lipinski definition) is 2. The Labute approximate surface area is 111 Å². The molecule has 1 saturated carbocycles. The van der Waals surface area contributed by atoms with Crippen LogP contribution in [0.4, 0.5) is 0 Å². The SMILES string of the molecule is CC(C)[C@H]1CC[C@@H](N(C)Cc2ccccn2)CC1. The third-order valence-corrected chi connectivity index (χ3v) is 4.45. The molecule has 0 radical (unpaired) electrons. The molecule has 0 saturated heterocycles. The van der Waals surface area contributed by atoms with Crippen LogP contribution in [-0.2, 0) is 6.54 Å². The van der Waals surface area contributed by atoms with Crippen molar-refractivity contribution in [1.29, 1.82) is 0 Å². The molecule has 0 aromatic carbocycles. The van der Waals surface area contributed by atoms with Crippen molar-refractivity contribution in [3.05, 3.63) is 30.1 Å². The lowest BCUT2D eigenvalue weighted by atomic mass is 9.79. The van der Waals surface area contributed by atoms with E-state index in [4.69, 9.17) is 0 Å². The van der Waals surface area contributed by atoms with E-state index in [9.17, 15) is 0 Å². The molecule has 1 heterocycles. The van der Waals surface area contributed by atoms with Crippen LogP contribution in [0.2, 0.25) is 0 Å². The fraction of sp³-hybridized carbons (Fsp3) is 0.688. The van der Waals surface area contributed by atoms with Gasteiger partial charge in [0.05, 0.1) is 5.69 Å². The minimum absolute atomic E-state index is 0.752. The zero-order valence-electron chi connectivity index (χ0n) is 12.0. The summed E-state index contributed by atoms with van der Waals surface area (Å²) in [6.07, 6.45) is 7.39. The van der Waals surface area contributed by atoms with E-state index in [-0.39, 0.29) is 0 Å². The minimum atomic E-state index is 0.752. The molecule has 1 aromatic heterocycles. The van der Waals surface area contributed by atoms with Gasteiger partial charge in [-0.25, -0.2) is 0 Å². The van der Waals surface area contributed by atoms with Crippen molar-refractivity contribution in [3.8, 4) is 0 Å². The predicted molar refractivity (Wildman–Crippen MR) is 76.3 cm³/mol. The molecular formula is C16H26N2. The summed E-state index contributed by atoms with van der Waals surface area (Å²) in [6, 6.07) is 6.93. The van der Waals surface area contributed by atoms with Gasteiger partial charge in [-0.1, -0.05) is 19.9 Å². The Morgan fingerprint density at radius 3 is 2.50 bits per heavy atom. The van der Waals surface area contributed by atoms with E-state index in [1.54, 1.807) is 0 Å². The number of nitrogens with zero attached hydrogens (tertiary/aromatic N) is 2. The van der Waals surface area contributed by atoms with Gasteiger partial charge in [0.1, 0.15) is 0 Å². The fourth-order valence-electron chi connectivity index (χ4n) is 3.09. The molecule has 100 valence electrons. The summed E-state index contributed by atoms with van der Waals surface area (Å²) < 4.78 is 0. The number of rotatable bonds is 4. The molecule has 0 aliphatic heterocycles. The molecule has 1 aliphatic carbocycles. The molecule has 0 unspecified atom stereocenters. The van der Waals surface area contributed by atoms with Crippen molar-refractivity contribution < 1.29 is 0 Å². The first-order valence-electron chi connectivity index (χ1n) is 7.27. The second kappa shape index (κ2) is 6.33. The quantitative estimate of drug-likeness (QED) is 0.804. The fourth-order valence-corrected chi connectivity index (χ4v) is 3.09. The number of pyridine rings is 1. The molecule has 0 atom stereocenters. The second-order valence-electron chi connectivity index (χ2n) is 6.05. The second-order valence-corrected chi connectivity index (χ2v) is 6.05. The number of aromatic nitrogens is 1. The van der Waals surface area contributed by atoms with Crippen molar-refractivity contribution in [2.75, 3.05) is 7.05 Å². The van der Waals surface area contributed by atoms with Crippen LogP contribution >= 0.6 is 0 Å². The van der Waals surface area contributed by atoms with Crippen LogP contribution in [0.15, 0.2) is 24.4 Å². The molecule has 1 aromatic rings. The smallest absolute Gasteiger partial charge is 0.0543 e. The zero-order valence-corrected chi connectivity index (χ0v) is 12.0. The highest BCUT2D eigenvalue weighted by atomic mass is 15.1. The van der Waals surface area contributed by atoms with E-state index in [0.29, 0.717) is 0 Å². The van der Waals surface area contributed by atoms with Gasteiger partial charge in [0.25, 0.3) is 0 Å². The van der Waals surface area contributed by atoms with Gasteiger partial charge < -0.3 is 0 Å². The number of hydrogen-bond donors (Lipinski definition) is 0. The van der Waals surface area contributed by atoms with Gasteiger partial charge in [0, 0.05) is 18.8 Å². The Morgan fingerprint density at radius 2 is 1.94 bits per heavy atom. The molecule has 1 fully saturated rings. The molecule has 0 N–H and O–H groups in total. The van der Waals surface area contributed by atoms with Crippen LogP contribution in [0.5, 0.6) is 0 Å². The van der Waals surface area contributed by atoms with Crippen molar-refractivity contribution >= 4 is 0 Å². The largest absolute Gasteiger partial charge is 0.298 e. The Balaban J connectivity index is 1.82. The van der Waals surface area contributed by atoms with Crippen molar-refractivity contribution in [2.24, 2.45) is 11.8 Å². The van der Waals surface area contributed by atoms with E-state index >= 15 is 0 Å². The van der Waals surface area contributed by atoms with Crippen molar-refractivity contribution in [2.45, 2.75) is 52.1 Å². The monoisotopic (exact) mass is 246 g/mol. The summed E-state index contributed by atoms with van der Waals surface area (Å²) in [5.74, 6) is 1.80. The maximum Gasteiger partial charge on any atom is 0.0543 e. The summed E-state index contributed by atoms with van der Waals surface area (Å²) in [6.45, 7) is 5.71. The van der Waals surface area contributed by atoms with E-state index in [2.05, 4.69) is 42.9 Å². The van der Waals surface area contributed by atoms with Crippen LogP contribution in [0, 0.1) is 11.8 Å². The lowest BCUT2D eigenvalue weighted by Crippen LogP contribution is -2.35. The summed E-state index contributed by atoms with van der Waals surface area (Å²) in [5.41, 5.74) is 1.19. The standard InChI is InChI=1S/C16H26N2/c1-13(2)14-7-9-16(10-8-14)18(3)12-15-6-4-5-11-17-15/h4-6,11,13-14,16H,7-10,12H2,1-3H3/t14-,16+. The lowest BCUT2D eigenvalue weighted by Gasteiger charge is -2.36. The topological polar surface area (TPSA) is 16.1 Å². The maximum absolute atomic E-state index is 4.42. The highest BCUT2D eigenvalue weighted by Gasteiger charge is 2.25. The first-order chi connectivity index (χ1) is 8.66. The van der Waals surface area contributed by atoms with Crippen molar-refractivity contribution in [1.82, 2.24) is 9.88 Å². The summed E-state index contributed by atoms with van der Waals surface area (Å²) in [4.78, 5) is 6.90. The molecule has 2 nitrogen and oxygen atoms in total. The molecule has 0 spiro atoms. The predicted octanol–water partition coefficient (Wildman–Crippen LogP) is 3.73. The molecule has 1 aliphatic rings. The van der Waals surface area contributed by atoms with E-state index in [1.165, 1.54) is 31.4 Å². The maximum atomic E-state index is 4.42. The summed E-state index contributed by atoms with van der Waals surface area (Å²) >= 11 is 0. The summed E-state index contributed by atoms with van der Waals surface area (Å²) in [7, 11) is 2.25. The zero-order chi connectivity index (χ0) is 13.0. The lowest BCUT2D eigenvalue weighted by molar-refractivity contribution is 0.141. The van der Waals surface area contributed by atoms with Gasteiger partial charge in [0.2, 0.25) is 0 Å². The Bertz CT molecular complexity index is 339. The van der Waals surface area contributed by atoms with Crippen LogP contribution in [-0.4, -0.2) is 23.0 Å². The van der Waals surface area contributed by atoms with Gasteiger partial charge in [-0.2, -0.15) is 0 Å². The Hall–Kier alpha value is -0.890.